The molecular weight excluding hydrogens is 464 g/mol. The summed E-state index contributed by atoms with van der Waals surface area (Å²) < 4.78 is 12.6. The van der Waals surface area contributed by atoms with E-state index < -0.39 is 11.0 Å². The van der Waals surface area contributed by atoms with Crippen molar-refractivity contribution in [3.63, 3.8) is 0 Å². The van der Waals surface area contributed by atoms with E-state index in [1.807, 2.05) is 54.4 Å². The number of benzene rings is 2. The molecule has 1 amide bonds. The third-order valence-electron chi connectivity index (χ3n) is 10.00. The van der Waals surface area contributed by atoms with Crippen molar-refractivity contribution in [3.8, 4) is 11.5 Å². The summed E-state index contributed by atoms with van der Waals surface area (Å²) in [5.74, 6) is 2.24. The smallest absolute Gasteiger partial charge is 0.246 e. The first-order valence-corrected chi connectivity index (χ1v) is 13.8. The van der Waals surface area contributed by atoms with Crippen molar-refractivity contribution in [3.05, 3.63) is 65.2 Å². The predicted molar refractivity (Wildman–Crippen MR) is 142 cm³/mol. The SMILES string of the molecule is COc1ccc2c3c1O[C@H]1[C@@H](N(C)C(=O)C=Cc4ccccc4)CC[C@@]4(O)[C@@H](C2)N(CC2CC2)CC[C@]314. The minimum atomic E-state index is -0.879. The van der Waals surface area contributed by atoms with Crippen LogP contribution in [0.1, 0.15) is 48.8 Å². The van der Waals surface area contributed by atoms with Crippen LogP contribution >= 0.6 is 0 Å². The van der Waals surface area contributed by atoms with Crippen molar-refractivity contribution in [2.45, 2.75) is 67.7 Å². The summed E-state index contributed by atoms with van der Waals surface area (Å²) in [6.45, 7) is 2.04. The molecule has 5 aliphatic rings. The van der Waals surface area contributed by atoms with E-state index in [2.05, 4.69) is 11.0 Å². The van der Waals surface area contributed by atoms with E-state index in [0.717, 1.165) is 54.5 Å². The van der Waals surface area contributed by atoms with Gasteiger partial charge >= 0.3 is 0 Å². The van der Waals surface area contributed by atoms with Crippen LogP contribution in [0.4, 0.5) is 0 Å². The Bertz CT molecular complexity index is 1260. The van der Waals surface area contributed by atoms with Crippen molar-refractivity contribution in [2.75, 3.05) is 27.2 Å². The molecule has 0 radical (unpaired) electrons. The quantitative estimate of drug-likeness (QED) is 0.612. The standard InChI is InChI=1S/C31H36N2O4/c1-32(26(34)13-10-20-6-4-3-5-7-20)23-14-15-31(35)25-18-22-11-12-24(36-2)28-27(22)30(31,29(23)37-28)16-17-33(25)19-21-8-9-21/h3-7,10-13,21,23,25,29,35H,8-9,14-19H2,1-2H3/t23-,25+,29-,30-,31+/m0/s1. The number of likely N-dealkylation sites (N-methyl/N-ethyl adjacent to an activating group) is 1. The lowest BCUT2D eigenvalue weighted by Gasteiger charge is -2.64. The number of carbonyl (C=O) groups is 1. The van der Waals surface area contributed by atoms with Crippen LogP contribution in [0.25, 0.3) is 6.08 Å². The number of amides is 1. The van der Waals surface area contributed by atoms with E-state index in [1.165, 1.54) is 18.4 Å². The lowest BCUT2D eigenvalue weighted by Crippen LogP contribution is -2.78. The van der Waals surface area contributed by atoms with Gasteiger partial charge in [-0.3, -0.25) is 9.69 Å². The van der Waals surface area contributed by atoms with Crippen molar-refractivity contribution in [2.24, 2.45) is 5.92 Å². The molecule has 1 spiro atoms. The molecule has 1 saturated heterocycles. The van der Waals surface area contributed by atoms with Crippen LogP contribution in [0.15, 0.2) is 48.5 Å². The normalized spacial score (nSPS) is 33.6. The van der Waals surface area contributed by atoms with Gasteiger partial charge in [-0.25, -0.2) is 0 Å². The average Bonchev–Trinajstić information content (AvgIpc) is 3.66. The maximum Gasteiger partial charge on any atom is 0.246 e. The lowest BCUT2D eigenvalue weighted by molar-refractivity contribution is -0.200. The number of likely N-dealkylation sites (tertiary alicyclic amines) is 1. The van der Waals surface area contributed by atoms with Crippen molar-refractivity contribution in [1.82, 2.24) is 9.80 Å². The Balaban J connectivity index is 1.27. The zero-order valence-electron chi connectivity index (χ0n) is 21.7. The number of ether oxygens (including phenoxy) is 2. The number of carbonyl (C=O) groups excluding carboxylic acids is 1. The number of nitrogens with zero attached hydrogens (tertiary/aromatic N) is 2. The largest absolute Gasteiger partial charge is 0.493 e. The Kier molecular flexibility index (Phi) is 5.25. The molecule has 194 valence electrons. The van der Waals surface area contributed by atoms with Crippen LogP contribution in [0.2, 0.25) is 0 Å². The van der Waals surface area contributed by atoms with Gasteiger partial charge in [-0.15, -0.1) is 0 Å². The third kappa shape index (κ3) is 3.28. The zero-order chi connectivity index (χ0) is 25.4. The van der Waals surface area contributed by atoms with Gasteiger partial charge in [0, 0.05) is 31.3 Å². The second-order valence-electron chi connectivity index (χ2n) is 11.8. The first-order valence-electron chi connectivity index (χ1n) is 13.8. The van der Waals surface area contributed by atoms with E-state index in [4.69, 9.17) is 9.47 Å². The molecule has 3 aliphatic carbocycles. The van der Waals surface area contributed by atoms with Gasteiger partial charge < -0.3 is 19.5 Å². The number of piperidine rings is 1. The second-order valence-corrected chi connectivity index (χ2v) is 11.8. The molecule has 37 heavy (non-hydrogen) atoms. The van der Waals surface area contributed by atoms with Gasteiger partial charge in [-0.1, -0.05) is 36.4 Å². The molecule has 6 heteroatoms. The maximum atomic E-state index is 13.4. The third-order valence-corrected chi connectivity index (χ3v) is 10.00. The monoisotopic (exact) mass is 500 g/mol. The number of rotatable bonds is 6. The molecule has 1 N–H and O–H groups in total. The fraction of sp³-hybridized carbons (Fsp3) is 0.516. The summed E-state index contributed by atoms with van der Waals surface area (Å²) in [7, 11) is 3.56. The van der Waals surface area contributed by atoms with E-state index in [0.29, 0.717) is 12.8 Å². The summed E-state index contributed by atoms with van der Waals surface area (Å²) >= 11 is 0. The van der Waals surface area contributed by atoms with Gasteiger partial charge in [-0.2, -0.15) is 0 Å². The molecule has 6 nitrogen and oxygen atoms in total. The molecule has 2 saturated carbocycles. The highest BCUT2D eigenvalue weighted by Crippen LogP contribution is 2.66. The fourth-order valence-electron chi connectivity index (χ4n) is 8.01. The van der Waals surface area contributed by atoms with E-state index >= 15 is 0 Å². The molecular formula is C31H36N2O4. The summed E-state index contributed by atoms with van der Waals surface area (Å²) in [4.78, 5) is 17.8. The molecule has 3 fully saturated rings. The molecule has 5 atom stereocenters. The van der Waals surface area contributed by atoms with Crippen LogP contribution in [0.3, 0.4) is 0 Å². The van der Waals surface area contributed by atoms with Crippen LogP contribution in [-0.4, -0.2) is 71.8 Å². The van der Waals surface area contributed by atoms with Crippen molar-refractivity contribution < 1.29 is 19.4 Å². The Morgan fingerprint density at radius 3 is 2.76 bits per heavy atom. The predicted octanol–water partition coefficient (Wildman–Crippen LogP) is 3.80. The van der Waals surface area contributed by atoms with Crippen molar-refractivity contribution in [1.29, 1.82) is 0 Å². The first kappa shape index (κ1) is 23.3. The minimum absolute atomic E-state index is 0.0408. The van der Waals surface area contributed by atoms with E-state index in [1.54, 1.807) is 13.2 Å². The Hall–Kier alpha value is -2.83. The molecule has 0 unspecified atom stereocenters. The van der Waals surface area contributed by atoms with Gasteiger partial charge in [0.1, 0.15) is 6.10 Å². The second kappa shape index (κ2) is 8.34. The van der Waals surface area contributed by atoms with Gasteiger partial charge in [0.05, 0.1) is 24.2 Å². The zero-order valence-corrected chi connectivity index (χ0v) is 21.7. The molecule has 7 rings (SSSR count). The molecule has 2 aromatic rings. The Morgan fingerprint density at radius 1 is 1.19 bits per heavy atom. The first-order chi connectivity index (χ1) is 18.0. The van der Waals surface area contributed by atoms with Crippen LogP contribution in [-0.2, 0) is 16.6 Å². The minimum Gasteiger partial charge on any atom is -0.493 e. The van der Waals surface area contributed by atoms with E-state index in [-0.39, 0.29) is 24.1 Å². The highest BCUT2D eigenvalue weighted by Gasteiger charge is 2.73. The van der Waals surface area contributed by atoms with Crippen molar-refractivity contribution >= 4 is 12.0 Å². The van der Waals surface area contributed by atoms with Gasteiger partial charge in [0.2, 0.25) is 5.91 Å². The maximum absolute atomic E-state index is 13.4. The summed E-state index contributed by atoms with van der Waals surface area (Å²) in [6, 6.07) is 14.0. The summed E-state index contributed by atoms with van der Waals surface area (Å²) in [5.41, 5.74) is 2.00. The molecule has 0 aromatic heterocycles. The van der Waals surface area contributed by atoms with Gasteiger partial charge in [-0.05, 0) is 74.3 Å². The molecule has 2 heterocycles. The van der Waals surface area contributed by atoms with Gasteiger partial charge in [0.25, 0.3) is 0 Å². The number of hydrogen-bond donors (Lipinski definition) is 1. The average molecular weight is 501 g/mol. The Morgan fingerprint density at radius 2 is 2.00 bits per heavy atom. The van der Waals surface area contributed by atoms with Crippen LogP contribution in [0.5, 0.6) is 11.5 Å². The van der Waals surface area contributed by atoms with Crippen LogP contribution in [0, 0.1) is 5.92 Å². The summed E-state index contributed by atoms with van der Waals surface area (Å²) in [5, 5.41) is 12.7. The molecule has 2 aromatic carbocycles. The van der Waals surface area contributed by atoms with Crippen LogP contribution < -0.4 is 9.47 Å². The number of methoxy groups -OCH3 is 1. The van der Waals surface area contributed by atoms with Gasteiger partial charge in [0.15, 0.2) is 11.5 Å². The van der Waals surface area contributed by atoms with E-state index in [9.17, 15) is 9.90 Å². The fourth-order valence-corrected chi connectivity index (χ4v) is 8.01. The highest BCUT2D eigenvalue weighted by atomic mass is 16.5. The highest BCUT2D eigenvalue weighted by molar-refractivity contribution is 5.92. The number of hydrogen-bond acceptors (Lipinski definition) is 5. The molecule has 2 bridgehead atoms. The molecule has 2 aliphatic heterocycles. The summed E-state index contributed by atoms with van der Waals surface area (Å²) in [6.07, 6.45) is 8.89. The lowest BCUT2D eigenvalue weighted by atomic mass is 9.48. The Labute approximate surface area is 218 Å². The topological polar surface area (TPSA) is 62.2 Å². The number of aliphatic hydroxyl groups is 1.